The largest absolute Gasteiger partial charge is 0.388 e. The number of amides is 1. The number of rotatable bonds is 4. The molecule has 2 N–H and O–H groups in total. The Balaban J connectivity index is 2.66. The summed E-state index contributed by atoms with van der Waals surface area (Å²) in [5.41, 5.74) is -0.316. The van der Waals surface area contributed by atoms with E-state index in [9.17, 15) is 9.90 Å². The third-order valence-corrected chi connectivity index (χ3v) is 3.66. The highest BCUT2D eigenvalue weighted by Crippen LogP contribution is 2.17. The Hall–Kier alpha value is -0.870. The van der Waals surface area contributed by atoms with Crippen LogP contribution in [0.15, 0.2) is 28.7 Å². The number of hydrogen-bond donors (Lipinski definition) is 2. The second kappa shape index (κ2) is 5.65. The Kier molecular flexibility index (Phi) is 4.71. The molecule has 17 heavy (non-hydrogen) atoms. The molecule has 0 aliphatic heterocycles. The molecule has 1 rings (SSSR count). The fraction of sp³-hybridized carbons (Fsp3) is 0.462. The van der Waals surface area contributed by atoms with E-state index < -0.39 is 5.60 Å². The van der Waals surface area contributed by atoms with Crippen molar-refractivity contribution in [1.82, 2.24) is 5.32 Å². The van der Waals surface area contributed by atoms with Crippen LogP contribution in [0.2, 0.25) is 0 Å². The maximum Gasteiger partial charge on any atom is 0.252 e. The molecule has 0 fully saturated rings. The molecule has 94 valence electrons. The smallest absolute Gasteiger partial charge is 0.252 e. The minimum Gasteiger partial charge on any atom is -0.388 e. The van der Waals surface area contributed by atoms with Crippen molar-refractivity contribution in [2.75, 3.05) is 6.54 Å². The van der Waals surface area contributed by atoms with E-state index in [2.05, 4.69) is 21.2 Å². The van der Waals surface area contributed by atoms with E-state index >= 15 is 0 Å². The normalized spacial score (nSPS) is 14.5. The van der Waals surface area contributed by atoms with E-state index in [1.807, 2.05) is 26.0 Å². The monoisotopic (exact) mass is 299 g/mol. The predicted molar refractivity (Wildman–Crippen MR) is 71.9 cm³/mol. The number of carbonyl (C=O) groups is 1. The van der Waals surface area contributed by atoms with Gasteiger partial charge in [-0.1, -0.05) is 26.0 Å². The highest BCUT2D eigenvalue weighted by molar-refractivity contribution is 9.10. The van der Waals surface area contributed by atoms with Crippen molar-refractivity contribution >= 4 is 21.8 Å². The molecule has 0 saturated heterocycles. The van der Waals surface area contributed by atoms with Crippen LogP contribution in [0.4, 0.5) is 0 Å². The number of carbonyl (C=O) groups excluding carboxylic acids is 1. The van der Waals surface area contributed by atoms with Gasteiger partial charge in [-0.3, -0.25) is 4.79 Å². The Morgan fingerprint density at radius 1 is 1.47 bits per heavy atom. The average molecular weight is 300 g/mol. The Morgan fingerprint density at radius 2 is 2.06 bits per heavy atom. The average Bonchev–Trinajstić information content (AvgIpc) is 2.26. The molecular formula is C13H18BrNO2. The van der Waals surface area contributed by atoms with Gasteiger partial charge in [0, 0.05) is 11.0 Å². The third-order valence-electron chi connectivity index (χ3n) is 2.97. The Bertz CT molecular complexity index is 402. The summed E-state index contributed by atoms with van der Waals surface area (Å²) in [5, 5.41) is 12.8. The molecule has 0 spiro atoms. The molecule has 4 heteroatoms. The van der Waals surface area contributed by atoms with Gasteiger partial charge in [-0.25, -0.2) is 0 Å². The number of aliphatic hydroxyl groups is 1. The van der Waals surface area contributed by atoms with Crippen LogP contribution in [0, 0.1) is 5.92 Å². The van der Waals surface area contributed by atoms with Gasteiger partial charge in [0.15, 0.2) is 0 Å². The molecule has 1 amide bonds. The molecule has 0 aliphatic rings. The van der Waals surface area contributed by atoms with E-state index in [4.69, 9.17) is 0 Å². The summed E-state index contributed by atoms with van der Waals surface area (Å²) in [5.74, 6) is -0.0968. The zero-order valence-corrected chi connectivity index (χ0v) is 11.9. The SMILES string of the molecule is CC(C)C(C)(O)CNC(=O)c1ccccc1Br. The molecule has 1 aromatic carbocycles. The minimum absolute atomic E-state index is 0.0852. The maximum absolute atomic E-state index is 11.9. The second-order valence-electron chi connectivity index (χ2n) is 4.67. The van der Waals surface area contributed by atoms with Crippen LogP contribution in [-0.4, -0.2) is 23.2 Å². The van der Waals surface area contributed by atoms with Crippen molar-refractivity contribution in [3.05, 3.63) is 34.3 Å². The molecule has 1 atom stereocenters. The van der Waals surface area contributed by atoms with Gasteiger partial charge in [-0.2, -0.15) is 0 Å². The summed E-state index contributed by atoms with van der Waals surface area (Å²) in [7, 11) is 0. The van der Waals surface area contributed by atoms with Gasteiger partial charge < -0.3 is 10.4 Å². The molecule has 1 unspecified atom stereocenters. The summed E-state index contributed by atoms with van der Waals surface area (Å²) < 4.78 is 0.752. The highest BCUT2D eigenvalue weighted by Gasteiger charge is 2.25. The van der Waals surface area contributed by atoms with Crippen molar-refractivity contribution < 1.29 is 9.90 Å². The van der Waals surface area contributed by atoms with Crippen molar-refractivity contribution in [3.63, 3.8) is 0 Å². The van der Waals surface area contributed by atoms with Crippen LogP contribution in [0.5, 0.6) is 0 Å². The van der Waals surface area contributed by atoms with Gasteiger partial charge in [0.05, 0.1) is 11.2 Å². The van der Waals surface area contributed by atoms with Crippen molar-refractivity contribution in [2.45, 2.75) is 26.4 Å². The number of nitrogens with one attached hydrogen (secondary N) is 1. The summed E-state index contributed by atoms with van der Waals surface area (Å²) in [4.78, 5) is 11.9. The molecular weight excluding hydrogens is 282 g/mol. The van der Waals surface area contributed by atoms with Crippen molar-refractivity contribution in [1.29, 1.82) is 0 Å². The quantitative estimate of drug-likeness (QED) is 0.898. The molecule has 0 radical (unpaired) electrons. The molecule has 0 saturated carbocycles. The van der Waals surface area contributed by atoms with Crippen molar-refractivity contribution in [3.8, 4) is 0 Å². The summed E-state index contributed by atoms with van der Waals surface area (Å²) in [6.07, 6.45) is 0. The van der Waals surface area contributed by atoms with Crippen LogP contribution in [0.25, 0.3) is 0 Å². The topological polar surface area (TPSA) is 49.3 Å². The second-order valence-corrected chi connectivity index (χ2v) is 5.53. The van der Waals surface area contributed by atoms with Crippen LogP contribution >= 0.6 is 15.9 Å². The van der Waals surface area contributed by atoms with Crippen LogP contribution < -0.4 is 5.32 Å². The minimum atomic E-state index is -0.892. The predicted octanol–water partition coefficient (Wildman–Crippen LogP) is 2.59. The zero-order chi connectivity index (χ0) is 13.1. The Morgan fingerprint density at radius 3 is 2.59 bits per heavy atom. The number of benzene rings is 1. The molecule has 3 nitrogen and oxygen atoms in total. The summed E-state index contributed by atoms with van der Waals surface area (Å²) >= 11 is 3.32. The number of halogens is 1. The van der Waals surface area contributed by atoms with Crippen LogP contribution in [0.1, 0.15) is 31.1 Å². The Labute approximate surface area is 110 Å². The van der Waals surface area contributed by atoms with Crippen LogP contribution in [0.3, 0.4) is 0 Å². The lowest BCUT2D eigenvalue weighted by molar-refractivity contribution is 0.0142. The lowest BCUT2D eigenvalue weighted by Gasteiger charge is -2.27. The summed E-state index contributed by atoms with van der Waals surface area (Å²) in [6, 6.07) is 7.21. The third kappa shape index (κ3) is 3.82. The van der Waals surface area contributed by atoms with Gasteiger partial charge in [-0.05, 0) is 40.9 Å². The summed E-state index contributed by atoms with van der Waals surface area (Å²) in [6.45, 7) is 5.80. The molecule has 0 bridgehead atoms. The fourth-order valence-corrected chi connectivity index (χ4v) is 1.67. The first-order chi connectivity index (χ1) is 7.84. The van der Waals surface area contributed by atoms with Crippen molar-refractivity contribution in [2.24, 2.45) is 5.92 Å². The molecule has 0 aromatic heterocycles. The van der Waals surface area contributed by atoms with E-state index in [1.165, 1.54) is 0 Å². The molecule has 0 aliphatic carbocycles. The number of hydrogen-bond acceptors (Lipinski definition) is 2. The van der Waals surface area contributed by atoms with Gasteiger partial charge in [0.1, 0.15) is 0 Å². The molecule has 0 heterocycles. The lowest BCUT2D eigenvalue weighted by Crippen LogP contribution is -2.44. The first-order valence-electron chi connectivity index (χ1n) is 5.59. The molecule has 1 aromatic rings. The van der Waals surface area contributed by atoms with Gasteiger partial charge >= 0.3 is 0 Å². The zero-order valence-electron chi connectivity index (χ0n) is 10.3. The fourth-order valence-electron chi connectivity index (χ4n) is 1.20. The first-order valence-corrected chi connectivity index (χ1v) is 6.39. The van der Waals surface area contributed by atoms with Gasteiger partial charge in [0.25, 0.3) is 5.91 Å². The van der Waals surface area contributed by atoms with Crippen LogP contribution in [-0.2, 0) is 0 Å². The lowest BCUT2D eigenvalue weighted by atomic mass is 9.92. The van der Waals surface area contributed by atoms with Gasteiger partial charge in [-0.15, -0.1) is 0 Å². The van der Waals surface area contributed by atoms with E-state index in [0.29, 0.717) is 5.56 Å². The van der Waals surface area contributed by atoms with E-state index in [0.717, 1.165) is 4.47 Å². The highest BCUT2D eigenvalue weighted by atomic mass is 79.9. The van der Waals surface area contributed by atoms with E-state index in [1.54, 1.807) is 19.1 Å². The van der Waals surface area contributed by atoms with Gasteiger partial charge in [0.2, 0.25) is 0 Å². The first kappa shape index (κ1) is 14.2. The maximum atomic E-state index is 11.9. The standard InChI is InChI=1S/C13H18BrNO2/c1-9(2)13(3,17)8-15-12(16)10-6-4-5-7-11(10)14/h4-7,9,17H,8H2,1-3H3,(H,15,16). The van der Waals surface area contributed by atoms with E-state index in [-0.39, 0.29) is 18.4 Å².